The molecule has 1 saturated heterocycles. The SMILES string of the molecule is C1CCNC1.CCC.CNc1cc(C(=O)N(CCC(C)C)CCC(C)C)ccc1NC=NCc1cccc(OC)c1. The van der Waals surface area contributed by atoms with E-state index < -0.39 is 0 Å². The Bertz CT molecular complexity index is 983. The Hall–Kier alpha value is -3.06. The third-order valence-electron chi connectivity index (χ3n) is 6.45. The largest absolute Gasteiger partial charge is 0.497 e. The molecular formula is C34H57N5O2. The van der Waals surface area contributed by atoms with Crippen LogP contribution in [0.1, 0.15) is 89.6 Å². The second-order valence-electron chi connectivity index (χ2n) is 11.3. The van der Waals surface area contributed by atoms with Crippen LogP contribution in [0.5, 0.6) is 5.75 Å². The first-order chi connectivity index (χ1) is 19.7. The molecule has 1 amide bonds. The highest BCUT2D eigenvalue weighted by Gasteiger charge is 2.17. The molecule has 0 unspecified atom stereocenters. The number of methoxy groups -OCH3 is 1. The van der Waals surface area contributed by atoms with Crippen molar-refractivity contribution >= 4 is 23.6 Å². The number of rotatable bonds is 13. The van der Waals surface area contributed by atoms with Crippen molar-refractivity contribution in [2.45, 2.75) is 80.2 Å². The van der Waals surface area contributed by atoms with Crippen LogP contribution in [0.3, 0.4) is 0 Å². The van der Waals surface area contributed by atoms with E-state index >= 15 is 0 Å². The predicted molar refractivity (Wildman–Crippen MR) is 178 cm³/mol. The molecule has 0 saturated carbocycles. The molecule has 0 aliphatic carbocycles. The van der Waals surface area contributed by atoms with Gasteiger partial charge < -0.3 is 25.6 Å². The minimum absolute atomic E-state index is 0.0889. The third-order valence-corrected chi connectivity index (χ3v) is 6.45. The average Bonchev–Trinajstić information content (AvgIpc) is 3.56. The number of nitrogens with one attached hydrogen (secondary N) is 3. The Labute approximate surface area is 250 Å². The zero-order valence-electron chi connectivity index (χ0n) is 27.1. The van der Waals surface area contributed by atoms with Crippen LogP contribution in [-0.2, 0) is 6.54 Å². The average molecular weight is 568 g/mol. The van der Waals surface area contributed by atoms with Crippen LogP contribution in [0, 0.1) is 11.8 Å². The van der Waals surface area contributed by atoms with Gasteiger partial charge >= 0.3 is 0 Å². The van der Waals surface area contributed by atoms with E-state index in [9.17, 15) is 4.79 Å². The number of hydrogen-bond acceptors (Lipinski definition) is 5. The normalized spacial score (nSPS) is 12.4. The van der Waals surface area contributed by atoms with Gasteiger partial charge in [-0.2, -0.15) is 0 Å². The van der Waals surface area contributed by atoms with Crippen LogP contribution in [0.4, 0.5) is 11.4 Å². The molecule has 2 aromatic rings. The molecule has 0 bridgehead atoms. The van der Waals surface area contributed by atoms with Crippen LogP contribution in [-0.4, -0.2) is 57.5 Å². The maximum atomic E-state index is 13.3. The molecule has 1 aliphatic rings. The molecule has 3 rings (SSSR count). The summed E-state index contributed by atoms with van der Waals surface area (Å²) in [7, 11) is 3.52. The standard InChI is InChI=1S/C27H40N4O2.C4H9N.C3H8/c1-20(2)12-14-31(15-13-21(3)4)27(32)23-10-11-25(26(17-23)28-5)30-19-29-18-22-8-7-9-24(16-22)33-6;1-2-4-5-3-1;1-3-2/h7-11,16-17,19-21,28H,12-15,18H2,1-6H3,(H,29,30);5H,1-4H2;3H2,1-2H3. The first-order valence-corrected chi connectivity index (χ1v) is 15.4. The number of ether oxygens (including phenoxy) is 1. The second kappa shape index (κ2) is 21.7. The van der Waals surface area contributed by atoms with Crippen LogP contribution >= 0.6 is 0 Å². The molecule has 0 atom stereocenters. The van der Waals surface area contributed by atoms with Crippen LogP contribution in [0.25, 0.3) is 0 Å². The Kier molecular flexibility index (Phi) is 19.0. The lowest BCUT2D eigenvalue weighted by molar-refractivity contribution is 0.0741. The molecule has 7 heteroatoms. The van der Waals surface area contributed by atoms with E-state index in [0.717, 1.165) is 48.6 Å². The van der Waals surface area contributed by atoms with E-state index in [1.54, 1.807) is 13.4 Å². The lowest BCUT2D eigenvalue weighted by Gasteiger charge is -2.25. The van der Waals surface area contributed by atoms with Crippen molar-refractivity contribution in [3.63, 3.8) is 0 Å². The van der Waals surface area contributed by atoms with Crippen molar-refractivity contribution in [3.8, 4) is 5.75 Å². The van der Waals surface area contributed by atoms with E-state index in [0.29, 0.717) is 23.9 Å². The highest BCUT2D eigenvalue weighted by molar-refractivity contribution is 5.97. The Balaban J connectivity index is 0.000000911. The summed E-state index contributed by atoms with van der Waals surface area (Å²) in [5.74, 6) is 2.04. The van der Waals surface area contributed by atoms with E-state index in [-0.39, 0.29) is 5.91 Å². The van der Waals surface area contributed by atoms with Crippen LogP contribution < -0.4 is 20.7 Å². The third kappa shape index (κ3) is 15.5. The Morgan fingerprint density at radius 3 is 2.15 bits per heavy atom. The van der Waals surface area contributed by atoms with Gasteiger partial charge in [0.25, 0.3) is 5.91 Å². The quantitative estimate of drug-likeness (QED) is 0.171. The summed E-state index contributed by atoms with van der Waals surface area (Å²) in [6.07, 6.45) is 7.73. The van der Waals surface area contributed by atoms with Gasteiger partial charge in [0.05, 0.1) is 31.4 Å². The van der Waals surface area contributed by atoms with Crippen molar-refractivity contribution in [3.05, 3.63) is 53.6 Å². The first-order valence-electron chi connectivity index (χ1n) is 15.4. The molecular weight excluding hydrogens is 510 g/mol. The van der Waals surface area contributed by atoms with E-state index in [1.807, 2.05) is 54.4 Å². The summed E-state index contributed by atoms with van der Waals surface area (Å²) in [6, 6.07) is 13.6. The van der Waals surface area contributed by atoms with Gasteiger partial charge in [-0.25, -0.2) is 0 Å². The highest BCUT2D eigenvalue weighted by atomic mass is 16.5. The Morgan fingerprint density at radius 1 is 1.00 bits per heavy atom. The molecule has 1 fully saturated rings. The van der Waals surface area contributed by atoms with E-state index in [2.05, 4.69) is 62.5 Å². The molecule has 3 N–H and O–H groups in total. The van der Waals surface area contributed by atoms with E-state index in [4.69, 9.17) is 4.74 Å². The van der Waals surface area contributed by atoms with Crippen LogP contribution in [0.15, 0.2) is 47.5 Å². The molecule has 0 spiro atoms. The maximum absolute atomic E-state index is 13.3. The van der Waals surface area contributed by atoms with Gasteiger partial charge in [-0.15, -0.1) is 0 Å². The number of aliphatic imine (C=N–C) groups is 1. The van der Waals surface area contributed by atoms with Crippen molar-refractivity contribution in [1.82, 2.24) is 10.2 Å². The lowest BCUT2D eigenvalue weighted by Crippen LogP contribution is -2.34. The molecule has 2 aromatic carbocycles. The Morgan fingerprint density at radius 2 is 1.63 bits per heavy atom. The van der Waals surface area contributed by atoms with Gasteiger partial charge in [0.15, 0.2) is 0 Å². The minimum atomic E-state index is 0.0889. The number of hydrogen-bond donors (Lipinski definition) is 3. The van der Waals surface area contributed by atoms with Gasteiger partial charge in [0, 0.05) is 25.7 Å². The number of amides is 1. The summed E-state index contributed by atoms with van der Waals surface area (Å²) in [6.45, 7) is 17.7. The monoisotopic (exact) mass is 567 g/mol. The second-order valence-corrected chi connectivity index (χ2v) is 11.3. The van der Waals surface area contributed by atoms with Crippen molar-refractivity contribution in [2.75, 3.05) is 51.0 Å². The van der Waals surface area contributed by atoms with Crippen molar-refractivity contribution in [1.29, 1.82) is 0 Å². The van der Waals surface area contributed by atoms with Gasteiger partial charge in [-0.1, -0.05) is 60.1 Å². The summed E-state index contributed by atoms with van der Waals surface area (Å²) in [4.78, 5) is 19.7. The number of carbonyl (C=O) groups excluding carboxylic acids is 1. The molecule has 0 radical (unpaired) electrons. The van der Waals surface area contributed by atoms with E-state index in [1.165, 1.54) is 32.4 Å². The number of nitrogens with zero attached hydrogens (tertiary/aromatic N) is 2. The fourth-order valence-corrected chi connectivity index (χ4v) is 4.00. The van der Waals surface area contributed by atoms with Gasteiger partial charge in [0.1, 0.15) is 5.75 Å². The summed E-state index contributed by atoms with van der Waals surface area (Å²) in [5.41, 5.74) is 3.51. The highest BCUT2D eigenvalue weighted by Crippen LogP contribution is 2.24. The minimum Gasteiger partial charge on any atom is -0.497 e. The fourth-order valence-electron chi connectivity index (χ4n) is 4.00. The molecule has 7 nitrogen and oxygen atoms in total. The molecule has 41 heavy (non-hydrogen) atoms. The molecule has 0 aromatic heterocycles. The van der Waals surface area contributed by atoms with Crippen molar-refractivity contribution < 1.29 is 9.53 Å². The van der Waals surface area contributed by atoms with Crippen LogP contribution in [0.2, 0.25) is 0 Å². The maximum Gasteiger partial charge on any atom is 0.253 e. The molecule has 1 heterocycles. The van der Waals surface area contributed by atoms with Crippen molar-refractivity contribution in [2.24, 2.45) is 16.8 Å². The van der Waals surface area contributed by atoms with Gasteiger partial charge in [-0.3, -0.25) is 9.79 Å². The predicted octanol–water partition coefficient (Wildman–Crippen LogP) is 7.70. The zero-order chi connectivity index (χ0) is 30.5. The smallest absolute Gasteiger partial charge is 0.253 e. The first kappa shape index (κ1) is 36.0. The topological polar surface area (TPSA) is 78.0 Å². The number of anilines is 2. The van der Waals surface area contributed by atoms with Gasteiger partial charge in [-0.05, 0) is 86.5 Å². The van der Waals surface area contributed by atoms with Gasteiger partial charge in [0.2, 0.25) is 0 Å². The summed E-state index contributed by atoms with van der Waals surface area (Å²) in [5, 5.41) is 9.64. The zero-order valence-corrected chi connectivity index (χ0v) is 27.1. The summed E-state index contributed by atoms with van der Waals surface area (Å²) < 4.78 is 5.25. The number of benzene rings is 2. The fraction of sp³-hybridized carbons (Fsp3) is 0.588. The molecule has 230 valence electrons. The lowest BCUT2D eigenvalue weighted by atomic mass is 10.1. The summed E-state index contributed by atoms with van der Waals surface area (Å²) >= 11 is 0. The molecule has 1 aliphatic heterocycles. The number of carbonyl (C=O) groups is 1.